The first-order valence-electron chi connectivity index (χ1n) is 7.02. The van der Waals surface area contributed by atoms with Gasteiger partial charge in [-0.05, 0) is 38.0 Å². The molecule has 0 unspecified atom stereocenters. The van der Waals surface area contributed by atoms with Crippen LogP contribution < -0.4 is 11.1 Å². The van der Waals surface area contributed by atoms with Gasteiger partial charge in [-0.2, -0.15) is 9.49 Å². The first-order valence-corrected chi connectivity index (χ1v) is 8.65. The number of nitrogens with two attached hydrogens (primary N) is 1. The molecule has 0 aliphatic carbocycles. The Bertz CT molecular complexity index is 794. The molecule has 3 aromatic rings. The zero-order valence-electron chi connectivity index (χ0n) is 12.4. The molecule has 0 aliphatic heterocycles. The van der Waals surface area contributed by atoms with Crippen LogP contribution in [-0.2, 0) is 13.0 Å². The summed E-state index contributed by atoms with van der Waals surface area (Å²) in [7, 11) is 0. The smallest absolute Gasteiger partial charge is 0.176 e. The fourth-order valence-electron chi connectivity index (χ4n) is 2.30. The van der Waals surface area contributed by atoms with Gasteiger partial charge in [0.05, 0.1) is 16.6 Å². The molecule has 1 atom stereocenters. The van der Waals surface area contributed by atoms with Crippen LogP contribution in [-0.4, -0.2) is 16.2 Å². The predicted molar refractivity (Wildman–Crippen MR) is 91.1 cm³/mol. The Kier molecular flexibility index (Phi) is 4.37. The van der Waals surface area contributed by atoms with Crippen molar-refractivity contribution in [1.82, 2.24) is 10.2 Å². The molecule has 0 fully saturated rings. The number of aryl methyl sites for hydroxylation is 1. The molecule has 22 heavy (non-hydrogen) atoms. The van der Waals surface area contributed by atoms with Crippen LogP contribution in [0.15, 0.2) is 18.3 Å². The van der Waals surface area contributed by atoms with Crippen molar-refractivity contribution in [3.05, 3.63) is 38.8 Å². The van der Waals surface area contributed by atoms with E-state index in [0.29, 0.717) is 6.54 Å². The van der Waals surface area contributed by atoms with E-state index in [0.717, 1.165) is 44.1 Å². The molecule has 0 saturated heterocycles. The number of aromatic nitrogens is 2. The summed E-state index contributed by atoms with van der Waals surface area (Å²) in [5.41, 5.74) is 8.91. The van der Waals surface area contributed by atoms with Crippen molar-refractivity contribution in [3.63, 3.8) is 0 Å². The average Bonchev–Trinajstić information content (AvgIpc) is 3.02. The molecule has 0 radical (unpaired) electrons. The van der Waals surface area contributed by atoms with Crippen molar-refractivity contribution in [2.75, 3.05) is 5.32 Å². The highest BCUT2D eigenvalue weighted by Crippen LogP contribution is 2.34. The monoisotopic (exact) mass is 336 g/mol. The number of rotatable bonds is 5. The molecule has 0 amide bonds. The number of nitrogens with zero attached hydrogens (tertiary/aromatic N) is 2. The van der Waals surface area contributed by atoms with E-state index in [4.69, 9.17) is 5.73 Å². The number of thiophene rings is 2. The molecule has 0 spiro atoms. The average molecular weight is 336 g/mol. The molecule has 3 N–H and O–H groups in total. The van der Waals surface area contributed by atoms with Crippen LogP contribution in [0, 0.1) is 12.1 Å². The Balaban J connectivity index is 1.89. The minimum atomic E-state index is -0.166. The Hall–Kier alpha value is -1.57. The molecule has 0 aromatic carbocycles. The van der Waals surface area contributed by atoms with Gasteiger partial charge in [-0.25, -0.2) is 0 Å². The van der Waals surface area contributed by atoms with E-state index in [-0.39, 0.29) is 11.2 Å². The summed E-state index contributed by atoms with van der Waals surface area (Å²) in [6, 6.07) is 3.39. The maximum atomic E-state index is 13.0. The fraction of sp³-hybridized carbons (Fsp3) is 0.333. The van der Waals surface area contributed by atoms with Crippen molar-refractivity contribution >= 4 is 38.6 Å². The number of hydrogen-bond donors (Lipinski definition) is 2. The lowest BCUT2D eigenvalue weighted by Crippen LogP contribution is -2.17. The lowest BCUT2D eigenvalue weighted by atomic mass is 10.1. The predicted octanol–water partition coefficient (Wildman–Crippen LogP) is 3.70. The van der Waals surface area contributed by atoms with Gasteiger partial charge in [0.1, 0.15) is 5.52 Å². The van der Waals surface area contributed by atoms with Crippen LogP contribution in [0.5, 0.6) is 0 Å². The highest BCUT2D eigenvalue weighted by molar-refractivity contribution is 7.19. The zero-order valence-corrected chi connectivity index (χ0v) is 14.0. The summed E-state index contributed by atoms with van der Waals surface area (Å²) in [5, 5.41) is 11.5. The van der Waals surface area contributed by atoms with Crippen molar-refractivity contribution in [1.29, 1.82) is 0 Å². The lowest BCUT2D eigenvalue weighted by molar-refractivity contribution is 0.657. The Labute approximate surface area is 136 Å². The van der Waals surface area contributed by atoms with Crippen molar-refractivity contribution < 1.29 is 4.39 Å². The molecule has 3 aromatic heterocycles. The van der Waals surface area contributed by atoms with Gasteiger partial charge < -0.3 is 11.1 Å². The number of halogens is 1. The second-order valence-electron chi connectivity index (χ2n) is 5.33. The third-order valence-electron chi connectivity index (χ3n) is 3.39. The first kappa shape index (κ1) is 15.3. The van der Waals surface area contributed by atoms with Crippen LogP contribution >= 0.6 is 22.7 Å². The summed E-state index contributed by atoms with van der Waals surface area (Å²) in [4.78, 5) is 2.20. The van der Waals surface area contributed by atoms with Gasteiger partial charge in [0.15, 0.2) is 5.13 Å². The topological polar surface area (TPSA) is 63.8 Å². The third kappa shape index (κ3) is 3.11. The van der Waals surface area contributed by atoms with Gasteiger partial charge in [0.2, 0.25) is 0 Å². The minimum absolute atomic E-state index is 0.116. The van der Waals surface area contributed by atoms with E-state index < -0.39 is 0 Å². The van der Waals surface area contributed by atoms with E-state index in [1.54, 1.807) is 23.6 Å². The number of hydrogen-bond acceptors (Lipinski definition) is 6. The van der Waals surface area contributed by atoms with E-state index >= 15 is 0 Å². The first-order chi connectivity index (χ1) is 10.5. The number of anilines is 1. The maximum Gasteiger partial charge on any atom is 0.176 e. The van der Waals surface area contributed by atoms with Crippen LogP contribution in [0.2, 0.25) is 0 Å². The van der Waals surface area contributed by atoms with E-state index in [2.05, 4.69) is 22.4 Å². The summed E-state index contributed by atoms with van der Waals surface area (Å²) in [6.45, 7) is 4.64. The number of nitrogens with one attached hydrogen (secondary N) is 1. The second kappa shape index (κ2) is 6.28. The standard InChI is InChI=1S/C15H17FN4S2/c1-8(17)5-12-9(2)14-15(22-12)11(7-19-20-14)18-6-10-3-4-13(16)21-10/h3-4,7-8H,5-6,17H2,1-2H3,(H,18,20)/t8-/m0/s1. The minimum Gasteiger partial charge on any atom is -0.378 e. The maximum absolute atomic E-state index is 13.0. The highest BCUT2D eigenvalue weighted by Gasteiger charge is 2.14. The lowest BCUT2D eigenvalue weighted by Gasteiger charge is -2.04. The van der Waals surface area contributed by atoms with Gasteiger partial charge in [-0.1, -0.05) is 0 Å². The molecule has 0 bridgehead atoms. The third-order valence-corrected chi connectivity index (χ3v) is 5.60. The Morgan fingerprint density at radius 2 is 2.18 bits per heavy atom. The molecular weight excluding hydrogens is 319 g/mol. The highest BCUT2D eigenvalue weighted by atomic mass is 32.1. The molecule has 116 valence electrons. The molecule has 7 heteroatoms. The summed E-state index contributed by atoms with van der Waals surface area (Å²) < 4.78 is 14.1. The zero-order chi connectivity index (χ0) is 15.7. The van der Waals surface area contributed by atoms with E-state index in [1.807, 2.05) is 6.92 Å². The van der Waals surface area contributed by atoms with Crippen LogP contribution in [0.4, 0.5) is 10.1 Å². The van der Waals surface area contributed by atoms with Crippen LogP contribution in [0.25, 0.3) is 10.2 Å². The second-order valence-corrected chi connectivity index (χ2v) is 7.55. The summed E-state index contributed by atoms with van der Waals surface area (Å²) in [5.74, 6) is 0. The van der Waals surface area contributed by atoms with Crippen molar-refractivity contribution in [2.45, 2.75) is 32.9 Å². The Morgan fingerprint density at radius 3 is 2.86 bits per heavy atom. The van der Waals surface area contributed by atoms with Gasteiger partial charge in [-0.3, -0.25) is 0 Å². The Morgan fingerprint density at radius 1 is 1.36 bits per heavy atom. The molecule has 3 heterocycles. The van der Waals surface area contributed by atoms with Crippen LogP contribution in [0.3, 0.4) is 0 Å². The quantitative estimate of drug-likeness (QED) is 0.746. The van der Waals surface area contributed by atoms with Crippen molar-refractivity contribution in [3.8, 4) is 0 Å². The molecular formula is C15H17FN4S2. The van der Waals surface area contributed by atoms with E-state index in [9.17, 15) is 4.39 Å². The van der Waals surface area contributed by atoms with Crippen molar-refractivity contribution in [2.24, 2.45) is 5.73 Å². The molecule has 0 saturated carbocycles. The van der Waals surface area contributed by atoms with Gasteiger partial charge >= 0.3 is 0 Å². The summed E-state index contributed by atoms with van der Waals surface area (Å²) >= 11 is 2.85. The number of fused-ring (bicyclic) bond motifs is 1. The SMILES string of the molecule is Cc1c(C[C@H](C)N)sc2c(NCc3ccc(F)s3)cnnc12. The largest absolute Gasteiger partial charge is 0.378 e. The van der Waals surface area contributed by atoms with Crippen LogP contribution in [0.1, 0.15) is 22.2 Å². The fourth-order valence-corrected chi connectivity index (χ4v) is 4.33. The van der Waals surface area contributed by atoms with Gasteiger partial charge in [-0.15, -0.1) is 27.8 Å². The van der Waals surface area contributed by atoms with Gasteiger partial charge in [0.25, 0.3) is 0 Å². The normalized spacial score (nSPS) is 12.7. The summed E-state index contributed by atoms with van der Waals surface area (Å²) in [6.07, 6.45) is 2.56. The van der Waals surface area contributed by atoms with E-state index in [1.165, 1.54) is 10.9 Å². The van der Waals surface area contributed by atoms with Gasteiger partial charge in [0, 0.05) is 22.3 Å². The molecule has 0 aliphatic rings. The molecule has 3 rings (SSSR count). The molecule has 4 nitrogen and oxygen atoms in total.